The molecule has 1 aromatic heterocycles. The van der Waals surface area contributed by atoms with Gasteiger partial charge in [-0.05, 0) is 33.8 Å². The molecule has 2 unspecified atom stereocenters. The molecule has 0 bridgehead atoms. The smallest absolute Gasteiger partial charge is 0.0517 e. The Hall–Kier alpha value is 0.01000. The molecule has 0 radical (unpaired) electrons. The zero-order chi connectivity index (χ0) is 21.0. The van der Waals surface area contributed by atoms with E-state index in [2.05, 4.69) is 120 Å². The maximum Gasteiger partial charge on any atom is 0.0517 e. The number of pyridine rings is 1. The molecule has 0 aliphatic carbocycles. The van der Waals surface area contributed by atoms with Crippen molar-refractivity contribution in [2.24, 2.45) is 21.7 Å². The minimum absolute atomic E-state index is 0.0640. The van der Waals surface area contributed by atoms with E-state index < -0.39 is 0 Å². The van der Waals surface area contributed by atoms with E-state index in [1.54, 1.807) is 0 Å². The highest BCUT2D eigenvalue weighted by Crippen LogP contribution is 2.60. The minimum Gasteiger partial charge on any atom is -0.256 e. The van der Waals surface area contributed by atoms with Crippen molar-refractivity contribution < 1.29 is 0 Å². The van der Waals surface area contributed by atoms with Gasteiger partial charge >= 0.3 is 0 Å². The molecule has 2 atom stereocenters. The number of rotatable bonds is 2. The largest absolute Gasteiger partial charge is 0.256 e. The summed E-state index contributed by atoms with van der Waals surface area (Å²) in [5.41, 5.74) is 2.59. The van der Waals surface area contributed by atoms with Crippen LogP contribution in [-0.2, 0) is 10.3 Å². The molecule has 0 aromatic carbocycles. The summed E-state index contributed by atoms with van der Waals surface area (Å²) in [6.07, 6.45) is 0. The highest BCUT2D eigenvalue weighted by molar-refractivity contribution is 7.19. The Bertz CT molecular complexity index is 553. The number of hydrogen-bond donors (Lipinski definition) is 0. The summed E-state index contributed by atoms with van der Waals surface area (Å²) in [5.74, 6) is 0. The molecule has 0 spiro atoms. The summed E-state index contributed by atoms with van der Waals surface area (Å²) in [6, 6.07) is 6.62. The highest BCUT2D eigenvalue weighted by atomic mass is 31.0. The van der Waals surface area contributed by atoms with Gasteiger partial charge in [-0.25, -0.2) is 0 Å². The molecule has 1 rings (SSSR count). The van der Waals surface area contributed by atoms with E-state index in [1.807, 2.05) is 0 Å². The Balaban J connectivity index is 3.80. The van der Waals surface area contributed by atoms with E-state index in [0.29, 0.717) is 0 Å². The van der Waals surface area contributed by atoms with Crippen LogP contribution >= 0.6 is 18.5 Å². The van der Waals surface area contributed by atoms with Crippen LogP contribution in [-0.4, -0.2) is 4.98 Å². The summed E-state index contributed by atoms with van der Waals surface area (Å²) in [6.45, 7) is 27.8. The van der Waals surface area contributed by atoms with Crippen LogP contribution in [0.25, 0.3) is 0 Å². The Morgan fingerprint density at radius 2 is 0.769 bits per heavy atom. The quantitative estimate of drug-likeness (QED) is 0.475. The van der Waals surface area contributed by atoms with Crippen LogP contribution in [0.1, 0.15) is 94.5 Å². The summed E-state index contributed by atoms with van der Waals surface area (Å²) in [5, 5.41) is -0.255. The van der Waals surface area contributed by atoms with Gasteiger partial charge < -0.3 is 0 Å². The SMILES string of the molecule is CC(C)(C)C(P)(c1cccc(C(P)(C(C)(C)C)C(C)(C)C)n1)C(C)(C)C. The predicted molar refractivity (Wildman–Crippen MR) is 125 cm³/mol. The molecule has 0 saturated heterocycles. The lowest BCUT2D eigenvalue weighted by Crippen LogP contribution is -2.48. The van der Waals surface area contributed by atoms with Crippen molar-refractivity contribution in [3.63, 3.8) is 0 Å². The van der Waals surface area contributed by atoms with Gasteiger partial charge in [0, 0.05) is 10.3 Å². The van der Waals surface area contributed by atoms with Gasteiger partial charge in [0.2, 0.25) is 0 Å². The average Bonchev–Trinajstić information content (AvgIpc) is 2.40. The molecule has 26 heavy (non-hydrogen) atoms. The second-order valence-electron chi connectivity index (χ2n) is 12.0. The molecule has 0 saturated carbocycles. The van der Waals surface area contributed by atoms with Crippen molar-refractivity contribution in [2.75, 3.05) is 0 Å². The third kappa shape index (κ3) is 3.78. The Morgan fingerprint density at radius 3 is 0.962 bits per heavy atom. The summed E-state index contributed by atoms with van der Waals surface area (Å²) < 4.78 is 0. The summed E-state index contributed by atoms with van der Waals surface area (Å²) in [7, 11) is 6.36. The van der Waals surface area contributed by atoms with Crippen LogP contribution in [0.15, 0.2) is 18.2 Å². The fraction of sp³-hybridized carbons (Fsp3) is 0.783. The van der Waals surface area contributed by atoms with Crippen molar-refractivity contribution in [2.45, 2.75) is 93.4 Å². The lowest BCUT2D eigenvalue weighted by Gasteiger charge is -2.53. The first kappa shape index (κ1) is 24.0. The lowest BCUT2D eigenvalue weighted by atomic mass is 9.62. The van der Waals surface area contributed by atoms with Crippen molar-refractivity contribution >= 4 is 18.5 Å². The van der Waals surface area contributed by atoms with Gasteiger partial charge in [-0.15, -0.1) is 18.5 Å². The number of hydrogen-bond acceptors (Lipinski definition) is 1. The Labute approximate surface area is 168 Å². The first-order valence-electron chi connectivity index (χ1n) is 9.77. The molecule has 1 heterocycles. The molecule has 150 valence electrons. The maximum atomic E-state index is 5.34. The number of aromatic nitrogens is 1. The monoisotopic (exact) mass is 395 g/mol. The summed E-state index contributed by atoms with van der Waals surface area (Å²) in [4.78, 5) is 5.34. The van der Waals surface area contributed by atoms with E-state index in [-0.39, 0.29) is 32.0 Å². The fourth-order valence-corrected chi connectivity index (χ4v) is 4.98. The predicted octanol–water partition coefficient (Wildman–Crippen LogP) is 7.41. The van der Waals surface area contributed by atoms with Gasteiger partial charge in [-0.3, -0.25) is 4.98 Å². The van der Waals surface area contributed by atoms with Crippen LogP contribution in [0.2, 0.25) is 0 Å². The van der Waals surface area contributed by atoms with E-state index in [4.69, 9.17) is 4.98 Å². The number of nitrogens with zero attached hydrogens (tertiary/aromatic N) is 1. The Morgan fingerprint density at radius 1 is 0.538 bits per heavy atom. The molecular formula is C23H43NP2. The van der Waals surface area contributed by atoms with Gasteiger partial charge in [0.15, 0.2) is 0 Å². The highest BCUT2D eigenvalue weighted by Gasteiger charge is 2.52. The van der Waals surface area contributed by atoms with Gasteiger partial charge in [0.1, 0.15) is 0 Å². The van der Waals surface area contributed by atoms with Gasteiger partial charge in [0.05, 0.1) is 11.4 Å². The molecule has 3 heteroatoms. The van der Waals surface area contributed by atoms with Gasteiger partial charge in [-0.2, -0.15) is 0 Å². The zero-order valence-electron chi connectivity index (χ0n) is 19.3. The third-order valence-electron chi connectivity index (χ3n) is 6.29. The second-order valence-corrected chi connectivity index (χ2v) is 13.8. The molecule has 0 N–H and O–H groups in total. The normalized spacial score (nSPS) is 15.3. The third-order valence-corrected chi connectivity index (χ3v) is 10.3. The van der Waals surface area contributed by atoms with Gasteiger partial charge in [-0.1, -0.05) is 89.2 Å². The molecule has 0 aliphatic rings. The summed E-state index contributed by atoms with van der Waals surface area (Å²) >= 11 is 0. The van der Waals surface area contributed by atoms with E-state index in [9.17, 15) is 0 Å². The molecule has 0 fully saturated rings. The first-order chi connectivity index (χ1) is 11.2. The average molecular weight is 396 g/mol. The molecule has 0 amide bonds. The molecule has 0 aliphatic heterocycles. The fourth-order valence-electron chi connectivity index (χ4n) is 4.66. The van der Waals surface area contributed by atoms with Crippen LogP contribution < -0.4 is 0 Å². The van der Waals surface area contributed by atoms with Crippen molar-refractivity contribution in [3.05, 3.63) is 29.6 Å². The Kier molecular flexibility index (Phi) is 6.30. The van der Waals surface area contributed by atoms with Crippen LogP contribution in [0.4, 0.5) is 0 Å². The zero-order valence-corrected chi connectivity index (χ0v) is 21.6. The first-order valence-corrected chi connectivity index (χ1v) is 10.9. The van der Waals surface area contributed by atoms with Gasteiger partial charge in [0.25, 0.3) is 0 Å². The molecular weight excluding hydrogens is 352 g/mol. The van der Waals surface area contributed by atoms with Crippen LogP contribution in [0, 0.1) is 21.7 Å². The minimum atomic E-state index is -0.128. The molecule has 1 aromatic rings. The lowest BCUT2D eigenvalue weighted by molar-refractivity contribution is 0.126. The van der Waals surface area contributed by atoms with Crippen LogP contribution in [0.5, 0.6) is 0 Å². The van der Waals surface area contributed by atoms with Crippen LogP contribution in [0.3, 0.4) is 0 Å². The molecule has 1 nitrogen and oxygen atoms in total. The maximum absolute atomic E-state index is 5.34. The van der Waals surface area contributed by atoms with Crippen molar-refractivity contribution in [3.8, 4) is 0 Å². The standard InChI is InChI=1S/C23H43NP2/c1-18(2,3)22(25,19(4,5)6)16-14-13-15-17(24-16)23(26,20(7,8)9)21(10,11)12/h13-15H,25-26H2,1-12H3. The van der Waals surface area contributed by atoms with E-state index in [1.165, 1.54) is 11.4 Å². The van der Waals surface area contributed by atoms with E-state index in [0.717, 1.165) is 0 Å². The van der Waals surface area contributed by atoms with Crippen molar-refractivity contribution in [1.82, 2.24) is 4.98 Å². The topological polar surface area (TPSA) is 12.9 Å². The second kappa shape index (κ2) is 6.81. The van der Waals surface area contributed by atoms with Crippen molar-refractivity contribution in [1.29, 1.82) is 0 Å². The van der Waals surface area contributed by atoms with E-state index >= 15 is 0 Å².